The van der Waals surface area contributed by atoms with E-state index in [1.54, 1.807) is 0 Å². The molecule has 94 valence electrons. The fourth-order valence-electron chi connectivity index (χ4n) is 2.08. The zero-order valence-electron chi connectivity index (χ0n) is 11.1. The lowest BCUT2D eigenvalue weighted by atomic mass is 9.83. The predicted octanol–water partition coefficient (Wildman–Crippen LogP) is 3.52. The van der Waals surface area contributed by atoms with E-state index in [4.69, 9.17) is 0 Å². The first-order chi connectivity index (χ1) is 8.21. The minimum Gasteiger partial charge on any atom is -0.371 e. The van der Waals surface area contributed by atoms with Gasteiger partial charge in [0.15, 0.2) is 0 Å². The zero-order valence-corrected chi connectivity index (χ0v) is 11.1. The minimum atomic E-state index is -0.203. The summed E-state index contributed by atoms with van der Waals surface area (Å²) in [6.07, 6.45) is 2.94. The molecule has 1 aromatic rings. The van der Waals surface area contributed by atoms with Crippen LogP contribution in [0.5, 0.6) is 0 Å². The van der Waals surface area contributed by atoms with Crippen LogP contribution in [0.25, 0.3) is 0 Å². The van der Waals surface area contributed by atoms with Crippen LogP contribution in [0.1, 0.15) is 33.6 Å². The first-order valence-electron chi connectivity index (χ1n) is 6.47. The topological polar surface area (TPSA) is 20.3 Å². The Kier molecular flexibility index (Phi) is 5.20. The van der Waals surface area contributed by atoms with Crippen LogP contribution < -0.4 is 4.90 Å². The van der Waals surface area contributed by atoms with Gasteiger partial charge in [0.05, 0.1) is 0 Å². The van der Waals surface area contributed by atoms with Crippen molar-refractivity contribution >= 4 is 12.0 Å². The van der Waals surface area contributed by atoms with Crippen LogP contribution in [-0.2, 0) is 4.79 Å². The van der Waals surface area contributed by atoms with Crippen LogP contribution in [-0.4, -0.2) is 19.4 Å². The molecule has 0 spiro atoms. The molecule has 0 aromatic heterocycles. The lowest BCUT2D eigenvalue weighted by molar-refractivity contribution is -0.116. The Balaban J connectivity index is 2.86. The highest BCUT2D eigenvalue weighted by molar-refractivity contribution is 5.61. The van der Waals surface area contributed by atoms with Crippen molar-refractivity contribution in [2.24, 2.45) is 5.41 Å². The number of nitrogens with zero attached hydrogens (tertiary/aromatic N) is 1. The lowest BCUT2D eigenvalue weighted by Gasteiger charge is -2.33. The second-order valence-electron chi connectivity index (χ2n) is 4.54. The van der Waals surface area contributed by atoms with Gasteiger partial charge in [0, 0.05) is 24.2 Å². The summed E-state index contributed by atoms with van der Waals surface area (Å²) in [5.41, 5.74) is 0.995. The van der Waals surface area contributed by atoms with Gasteiger partial charge < -0.3 is 9.69 Å². The Bertz CT molecular complexity index is 330. The quantitative estimate of drug-likeness (QED) is 0.672. The molecule has 0 atom stereocenters. The van der Waals surface area contributed by atoms with Gasteiger partial charge >= 0.3 is 0 Å². The molecular formula is C15H23NO. The molecule has 0 unspecified atom stereocenters. The summed E-state index contributed by atoms with van der Waals surface area (Å²) < 4.78 is 0. The van der Waals surface area contributed by atoms with E-state index in [1.165, 1.54) is 5.69 Å². The summed E-state index contributed by atoms with van der Waals surface area (Å²) in [6, 6.07) is 10.3. The van der Waals surface area contributed by atoms with Crippen molar-refractivity contribution in [3.63, 3.8) is 0 Å². The van der Waals surface area contributed by atoms with Gasteiger partial charge in [-0.3, -0.25) is 0 Å². The van der Waals surface area contributed by atoms with Crippen molar-refractivity contribution in [1.82, 2.24) is 0 Å². The van der Waals surface area contributed by atoms with Gasteiger partial charge in [-0.25, -0.2) is 0 Å². The van der Waals surface area contributed by atoms with Crippen molar-refractivity contribution in [2.75, 3.05) is 18.0 Å². The van der Waals surface area contributed by atoms with Crippen molar-refractivity contribution in [1.29, 1.82) is 0 Å². The molecule has 0 bridgehead atoms. The molecule has 0 radical (unpaired) electrons. The number of carbonyl (C=O) groups is 1. The second kappa shape index (κ2) is 6.43. The van der Waals surface area contributed by atoms with Gasteiger partial charge in [0.25, 0.3) is 0 Å². The van der Waals surface area contributed by atoms with Gasteiger partial charge in [-0.1, -0.05) is 32.0 Å². The number of hydrogen-bond donors (Lipinski definition) is 0. The van der Waals surface area contributed by atoms with Crippen LogP contribution in [0, 0.1) is 5.41 Å². The maximum atomic E-state index is 11.3. The highest BCUT2D eigenvalue weighted by Gasteiger charge is 2.27. The lowest BCUT2D eigenvalue weighted by Crippen LogP contribution is -2.38. The van der Waals surface area contributed by atoms with Gasteiger partial charge in [-0.15, -0.1) is 0 Å². The third-order valence-corrected chi connectivity index (χ3v) is 3.67. The number of hydrogen-bond acceptors (Lipinski definition) is 2. The largest absolute Gasteiger partial charge is 0.371 e. The van der Waals surface area contributed by atoms with Crippen LogP contribution in [0.3, 0.4) is 0 Å². The highest BCUT2D eigenvalue weighted by Crippen LogP contribution is 2.27. The highest BCUT2D eigenvalue weighted by atomic mass is 16.1. The normalized spacial score (nSPS) is 11.2. The summed E-state index contributed by atoms with van der Waals surface area (Å²) in [5.74, 6) is 0. The molecule has 0 saturated heterocycles. The summed E-state index contributed by atoms with van der Waals surface area (Å²) in [4.78, 5) is 13.6. The summed E-state index contributed by atoms with van der Waals surface area (Å²) in [6.45, 7) is 8.06. The molecule has 0 heterocycles. The molecule has 0 aliphatic carbocycles. The molecule has 17 heavy (non-hydrogen) atoms. The van der Waals surface area contributed by atoms with E-state index in [9.17, 15) is 4.79 Å². The number of benzene rings is 1. The minimum absolute atomic E-state index is 0.203. The third-order valence-electron chi connectivity index (χ3n) is 3.67. The van der Waals surface area contributed by atoms with Gasteiger partial charge in [0.1, 0.15) is 6.29 Å². The van der Waals surface area contributed by atoms with E-state index in [0.717, 1.165) is 32.2 Å². The van der Waals surface area contributed by atoms with Gasteiger partial charge in [-0.2, -0.15) is 0 Å². The van der Waals surface area contributed by atoms with Crippen molar-refractivity contribution in [2.45, 2.75) is 33.6 Å². The summed E-state index contributed by atoms with van der Waals surface area (Å²) >= 11 is 0. The summed E-state index contributed by atoms with van der Waals surface area (Å²) in [5, 5.41) is 0. The SMILES string of the molecule is CCN(CC(C=O)(CC)CC)c1ccccc1. The Morgan fingerprint density at radius 3 is 2.12 bits per heavy atom. The van der Waals surface area contributed by atoms with Gasteiger partial charge in [0.2, 0.25) is 0 Å². The molecule has 0 aliphatic rings. The van der Waals surface area contributed by atoms with Crippen LogP contribution in [0.4, 0.5) is 5.69 Å². The molecule has 0 saturated carbocycles. The fraction of sp³-hybridized carbons (Fsp3) is 0.533. The Morgan fingerprint density at radius 2 is 1.71 bits per heavy atom. The standard InChI is InChI=1S/C15H23NO/c1-4-15(5-2,13-17)12-16(6-3)14-10-8-7-9-11-14/h7-11,13H,4-6,12H2,1-3H3. The molecule has 0 fully saturated rings. The zero-order chi connectivity index (χ0) is 12.7. The number of aldehydes is 1. The van der Waals surface area contributed by atoms with E-state index in [-0.39, 0.29) is 5.41 Å². The third kappa shape index (κ3) is 3.32. The monoisotopic (exact) mass is 233 g/mol. The Labute approximate surface area is 105 Å². The molecule has 2 heteroatoms. The smallest absolute Gasteiger partial charge is 0.127 e. The van der Waals surface area contributed by atoms with E-state index in [2.05, 4.69) is 37.8 Å². The molecule has 1 rings (SSSR count). The average molecular weight is 233 g/mol. The first kappa shape index (κ1) is 13.8. The molecule has 0 amide bonds. The molecule has 0 aliphatic heterocycles. The van der Waals surface area contributed by atoms with E-state index < -0.39 is 0 Å². The van der Waals surface area contributed by atoms with Crippen molar-refractivity contribution < 1.29 is 4.79 Å². The number of anilines is 1. The van der Waals surface area contributed by atoms with Crippen LogP contribution in [0.2, 0.25) is 0 Å². The van der Waals surface area contributed by atoms with Gasteiger partial charge in [-0.05, 0) is 31.9 Å². The van der Waals surface area contributed by atoms with Crippen LogP contribution >= 0.6 is 0 Å². The Morgan fingerprint density at radius 1 is 1.12 bits per heavy atom. The number of carbonyl (C=O) groups excluding carboxylic acids is 1. The van der Waals surface area contributed by atoms with E-state index >= 15 is 0 Å². The summed E-state index contributed by atoms with van der Waals surface area (Å²) in [7, 11) is 0. The maximum absolute atomic E-state index is 11.3. The van der Waals surface area contributed by atoms with E-state index in [1.807, 2.05) is 18.2 Å². The predicted molar refractivity (Wildman–Crippen MR) is 73.4 cm³/mol. The molecule has 2 nitrogen and oxygen atoms in total. The average Bonchev–Trinajstić information content (AvgIpc) is 2.42. The van der Waals surface area contributed by atoms with Crippen LogP contribution in [0.15, 0.2) is 30.3 Å². The number of rotatable bonds is 7. The molecule has 0 N–H and O–H groups in total. The fourth-order valence-corrected chi connectivity index (χ4v) is 2.08. The first-order valence-corrected chi connectivity index (χ1v) is 6.47. The maximum Gasteiger partial charge on any atom is 0.127 e. The molecular weight excluding hydrogens is 210 g/mol. The van der Waals surface area contributed by atoms with E-state index in [0.29, 0.717) is 0 Å². The second-order valence-corrected chi connectivity index (χ2v) is 4.54. The molecule has 1 aromatic carbocycles. The Hall–Kier alpha value is -1.31. The van der Waals surface area contributed by atoms with Crippen molar-refractivity contribution in [3.8, 4) is 0 Å². The van der Waals surface area contributed by atoms with Crippen molar-refractivity contribution in [3.05, 3.63) is 30.3 Å². The number of para-hydroxylation sites is 1.